The van der Waals surface area contributed by atoms with Crippen LogP contribution in [-0.2, 0) is 28.9 Å². The molecule has 0 spiro atoms. The molecule has 1 atom stereocenters. The minimum Gasteiger partial charge on any atom is -0.383 e. The number of amides is 2. The first-order chi connectivity index (χ1) is 12.6. The van der Waals surface area contributed by atoms with Gasteiger partial charge in [0.15, 0.2) is 0 Å². The number of hydrogen-bond acceptors (Lipinski definition) is 4. The third-order valence-electron chi connectivity index (χ3n) is 4.51. The topological polar surface area (TPSA) is 85.2 Å². The van der Waals surface area contributed by atoms with Crippen LogP contribution in [0.1, 0.15) is 27.3 Å². The fourth-order valence-electron chi connectivity index (χ4n) is 3.13. The standard InChI is InChI=1S/C19H24N4O3/c1-13-5-3-4-6-14(13)9-18(24)21-15-10-16-11-17(22-23(16)12-15)19(25)20-7-8-26-2/h3-6,11,15H,7-10,12H2,1-2H3,(H,20,25)(H,21,24)/t15-/m0/s1. The lowest BCUT2D eigenvalue weighted by atomic mass is 10.1. The molecule has 3 rings (SSSR count). The summed E-state index contributed by atoms with van der Waals surface area (Å²) in [6.45, 7) is 3.51. The predicted molar refractivity (Wildman–Crippen MR) is 97.0 cm³/mol. The van der Waals surface area contributed by atoms with E-state index < -0.39 is 0 Å². The molecule has 0 radical (unpaired) electrons. The Bertz CT molecular complexity index is 776. The normalized spacial score (nSPS) is 15.5. The van der Waals surface area contributed by atoms with Crippen LogP contribution < -0.4 is 10.6 Å². The lowest BCUT2D eigenvalue weighted by Gasteiger charge is -2.12. The van der Waals surface area contributed by atoms with E-state index in [9.17, 15) is 9.59 Å². The van der Waals surface area contributed by atoms with Gasteiger partial charge in [0.05, 0.1) is 25.6 Å². The van der Waals surface area contributed by atoms with Gasteiger partial charge < -0.3 is 15.4 Å². The summed E-state index contributed by atoms with van der Waals surface area (Å²) in [6.07, 6.45) is 1.05. The summed E-state index contributed by atoms with van der Waals surface area (Å²) in [4.78, 5) is 24.3. The van der Waals surface area contributed by atoms with Gasteiger partial charge in [-0.25, -0.2) is 0 Å². The second kappa shape index (κ2) is 8.14. The molecule has 2 amide bonds. The van der Waals surface area contributed by atoms with Gasteiger partial charge in [-0.15, -0.1) is 0 Å². The van der Waals surface area contributed by atoms with Crippen molar-refractivity contribution in [3.8, 4) is 0 Å². The second-order valence-electron chi connectivity index (χ2n) is 6.52. The maximum Gasteiger partial charge on any atom is 0.271 e. The van der Waals surface area contributed by atoms with Gasteiger partial charge in [-0.05, 0) is 24.1 Å². The largest absolute Gasteiger partial charge is 0.383 e. The number of rotatable bonds is 7. The zero-order valence-electron chi connectivity index (χ0n) is 15.1. The average Bonchev–Trinajstić information content (AvgIpc) is 3.15. The molecule has 1 aliphatic heterocycles. The van der Waals surface area contributed by atoms with Crippen molar-refractivity contribution >= 4 is 11.8 Å². The Morgan fingerprint density at radius 3 is 2.88 bits per heavy atom. The van der Waals surface area contributed by atoms with Crippen LogP contribution in [0.15, 0.2) is 30.3 Å². The van der Waals surface area contributed by atoms with Crippen molar-refractivity contribution in [2.24, 2.45) is 0 Å². The van der Waals surface area contributed by atoms with Crippen molar-refractivity contribution in [3.05, 3.63) is 52.8 Å². The lowest BCUT2D eigenvalue weighted by Crippen LogP contribution is -2.37. The second-order valence-corrected chi connectivity index (χ2v) is 6.52. The van der Waals surface area contributed by atoms with Crippen LogP contribution >= 0.6 is 0 Å². The molecule has 7 heteroatoms. The summed E-state index contributed by atoms with van der Waals surface area (Å²) in [6, 6.07) is 9.70. The average molecular weight is 356 g/mol. The van der Waals surface area contributed by atoms with E-state index >= 15 is 0 Å². The number of carbonyl (C=O) groups is 2. The highest BCUT2D eigenvalue weighted by Gasteiger charge is 2.26. The number of nitrogens with zero attached hydrogens (tertiary/aromatic N) is 2. The zero-order chi connectivity index (χ0) is 18.5. The highest BCUT2D eigenvalue weighted by molar-refractivity contribution is 5.92. The third kappa shape index (κ3) is 4.29. The Labute approximate surface area is 152 Å². The van der Waals surface area contributed by atoms with Crippen LogP contribution in [-0.4, -0.2) is 47.9 Å². The van der Waals surface area contributed by atoms with Crippen molar-refractivity contribution in [2.75, 3.05) is 20.3 Å². The van der Waals surface area contributed by atoms with E-state index in [0.717, 1.165) is 16.8 Å². The molecule has 0 unspecified atom stereocenters. The van der Waals surface area contributed by atoms with Crippen molar-refractivity contribution in [3.63, 3.8) is 0 Å². The first-order valence-corrected chi connectivity index (χ1v) is 8.74. The smallest absolute Gasteiger partial charge is 0.271 e. The number of aromatic nitrogens is 2. The summed E-state index contributed by atoms with van der Waals surface area (Å²) in [5.41, 5.74) is 3.52. The maximum absolute atomic E-state index is 12.3. The van der Waals surface area contributed by atoms with Crippen LogP contribution in [0, 0.1) is 6.92 Å². The van der Waals surface area contributed by atoms with E-state index in [4.69, 9.17) is 4.74 Å². The summed E-state index contributed by atoms with van der Waals surface area (Å²) in [5.74, 6) is -0.198. The maximum atomic E-state index is 12.3. The lowest BCUT2D eigenvalue weighted by molar-refractivity contribution is -0.121. The van der Waals surface area contributed by atoms with Crippen LogP contribution in [0.3, 0.4) is 0 Å². The number of nitrogens with one attached hydrogen (secondary N) is 2. The van der Waals surface area contributed by atoms with E-state index in [1.807, 2.05) is 31.2 Å². The number of methoxy groups -OCH3 is 1. The Hall–Kier alpha value is -2.67. The van der Waals surface area contributed by atoms with E-state index in [1.165, 1.54) is 0 Å². The molecule has 138 valence electrons. The zero-order valence-corrected chi connectivity index (χ0v) is 15.1. The Kier molecular flexibility index (Phi) is 5.68. The minimum absolute atomic E-state index is 0.00702. The molecule has 2 N–H and O–H groups in total. The fourth-order valence-corrected chi connectivity index (χ4v) is 3.13. The molecule has 0 bridgehead atoms. The molecule has 0 fully saturated rings. The van der Waals surface area contributed by atoms with Crippen molar-refractivity contribution in [1.29, 1.82) is 0 Å². The van der Waals surface area contributed by atoms with E-state index in [0.29, 0.717) is 38.2 Å². The first kappa shape index (κ1) is 18.1. The summed E-state index contributed by atoms with van der Waals surface area (Å²) in [7, 11) is 1.59. The van der Waals surface area contributed by atoms with E-state index in [2.05, 4.69) is 15.7 Å². The molecular weight excluding hydrogens is 332 g/mol. The number of fused-ring (bicyclic) bond motifs is 1. The van der Waals surface area contributed by atoms with Crippen LogP contribution in [0.2, 0.25) is 0 Å². The molecular formula is C19H24N4O3. The number of carbonyl (C=O) groups excluding carboxylic acids is 2. The molecule has 1 aromatic carbocycles. The Morgan fingerprint density at radius 1 is 1.35 bits per heavy atom. The molecule has 0 saturated heterocycles. The number of benzene rings is 1. The van der Waals surface area contributed by atoms with Gasteiger partial charge >= 0.3 is 0 Å². The van der Waals surface area contributed by atoms with E-state index in [-0.39, 0.29) is 17.9 Å². The van der Waals surface area contributed by atoms with E-state index in [1.54, 1.807) is 17.9 Å². The van der Waals surface area contributed by atoms with Crippen LogP contribution in [0.5, 0.6) is 0 Å². The third-order valence-corrected chi connectivity index (χ3v) is 4.51. The quantitative estimate of drug-likeness (QED) is 0.721. The predicted octanol–water partition coefficient (Wildman–Crippen LogP) is 0.851. The van der Waals surface area contributed by atoms with Crippen LogP contribution in [0.4, 0.5) is 0 Å². The molecule has 2 heterocycles. The summed E-state index contributed by atoms with van der Waals surface area (Å²) in [5, 5.41) is 10.2. The molecule has 7 nitrogen and oxygen atoms in total. The molecule has 0 saturated carbocycles. The number of aryl methyl sites for hydroxylation is 1. The van der Waals surface area contributed by atoms with Gasteiger partial charge in [-0.1, -0.05) is 24.3 Å². The monoisotopic (exact) mass is 356 g/mol. The Balaban J connectivity index is 1.51. The molecule has 1 aliphatic rings. The summed E-state index contributed by atoms with van der Waals surface area (Å²) >= 11 is 0. The van der Waals surface area contributed by atoms with Gasteiger partial charge in [0.1, 0.15) is 5.69 Å². The fraction of sp³-hybridized carbons (Fsp3) is 0.421. The first-order valence-electron chi connectivity index (χ1n) is 8.74. The van der Waals surface area contributed by atoms with Gasteiger partial charge in [-0.3, -0.25) is 14.3 Å². The van der Waals surface area contributed by atoms with Crippen molar-refractivity contribution < 1.29 is 14.3 Å². The van der Waals surface area contributed by atoms with Crippen molar-refractivity contribution in [1.82, 2.24) is 20.4 Å². The number of ether oxygens (including phenoxy) is 1. The molecule has 2 aromatic rings. The van der Waals surface area contributed by atoms with Gasteiger partial charge in [0, 0.05) is 25.8 Å². The van der Waals surface area contributed by atoms with Gasteiger partial charge in [0.25, 0.3) is 5.91 Å². The highest BCUT2D eigenvalue weighted by Crippen LogP contribution is 2.16. The van der Waals surface area contributed by atoms with Gasteiger partial charge in [-0.2, -0.15) is 5.10 Å². The minimum atomic E-state index is -0.205. The van der Waals surface area contributed by atoms with Gasteiger partial charge in [0.2, 0.25) is 5.91 Å². The van der Waals surface area contributed by atoms with Crippen LogP contribution in [0.25, 0.3) is 0 Å². The molecule has 26 heavy (non-hydrogen) atoms. The Morgan fingerprint density at radius 2 is 2.15 bits per heavy atom. The highest BCUT2D eigenvalue weighted by atomic mass is 16.5. The number of hydrogen-bond donors (Lipinski definition) is 2. The molecule has 1 aromatic heterocycles. The summed E-state index contributed by atoms with van der Waals surface area (Å²) < 4.78 is 6.71. The van der Waals surface area contributed by atoms with Crippen molar-refractivity contribution in [2.45, 2.75) is 32.4 Å². The molecule has 0 aliphatic carbocycles. The SMILES string of the molecule is COCCNC(=O)c1cc2n(n1)C[C@@H](NC(=O)Cc1ccccc1C)C2.